The van der Waals surface area contributed by atoms with E-state index in [9.17, 15) is 9.50 Å². The van der Waals surface area contributed by atoms with Crippen LogP contribution in [-0.2, 0) is 19.4 Å². The zero-order valence-corrected chi connectivity index (χ0v) is 19.4. The van der Waals surface area contributed by atoms with Gasteiger partial charge in [0.15, 0.2) is 17.4 Å². The van der Waals surface area contributed by atoms with Gasteiger partial charge in [0.1, 0.15) is 5.69 Å². The summed E-state index contributed by atoms with van der Waals surface area (Å²) < 4.78 is 14.1. The molecule has 1 aliphatic heterocycles. The molecule has 0 saturated heterocycles. The number of aromatic nitrogens is 4. The molecule has 0 unspecified atom stereocenters. The van der Waals surface area contributed by atoms with Gasteiger partial charge >= 0.3 is 0 Å². The first-order valence-corrected chi connectivity index (χ1v) is 11.7. The molecule has 4 aromatic rings. The molecule has 2 aromatic carbocycles. The highest BCUT2D eigenvalue weighted by molar-refractivity contribution is 5.94. The van der Waals surface area contributed by atoms with E-state index in [4.69, 9.17) is 4.98 Å². The van der Waals surface area contributed by atoms with Crippen LogP contribution in [0.1, 0.15) is 44.1 Å². The Bertz CT molecular complexity index is 1310. The third-order valence-electron chi connectivity index (χ3n) is 6.59. The van der Waals surface area contributed by atoms with Crippen LogP contribution < -0.4 is 0 Å². The van der Waals surface area contributed by atoms with E-state index < -0.39 is 5.82 Å². The van der Waals surface area contributed by atoms with Gasteiger partial charge in [-0.25, -0.2) is 9.37 Å². The lowest BCUT2D eigenvalue weighted by atomic mass is 9.96. The van der Waals surface area contributed by atoms with Gasteiger partial charge in [0.25, 0.3) is 0 Å². The molecule has 0 amide bonds. The second kappa shape index (κ2) is 8.63. The first kappa shape index (κ1) is 21.6. The number of nitrogens with one attached hydrogen (secondary N) is 2. The van der Waals surface area contributed by atoms with E-state index in [2.05, 4.69) is 33.9 Å². The van der Waals surface area contributed by atoms with Crippen molar-refractivity contribution in [1.82, 2.24) is 25.1 Å². The zero-order chi connectivity index (χ0) is 23.1. The molecular formula is C26H30FN5O. The topological polar surface area (TPSA) is 80.8 Å². The van der Waals surface area contributed by atoms with E-state index in [1.165, 1.54) is 24.2 Å². The summed E-state index contributed by atoms with van der Waals surface area (Å²) in [4.78, 5) is 10.9. The summed E-state index contributed by atoms with van der Waals surface area (Å²) >= 11 is 0. The number of fused-ring (bicyclic) bond motifs is 2. The van der Waals surface area contributed by atoms with Crippen LogP contribution >= 0.6 is 0 Å². The maximum absolute atomic E-state index is 14.1. The Morgan fingerprint density at radius 3 is 2.85 bits per heavy atom. The van der Waals surface area contributed by atoms with Crippen LogP contribution in [0.4, 0.5) is 4.39 Å². The van der Waals surface area contributed by atoms with Crippen LogP contribution in [0.25, 0.3) is 33.5 Å². The van der Waals surface area contributed by atoms with Gasteiger partial charge < -0.3 is 10.1 Å². The number of aromatic amines is 2. The number of phenols is 1. The Labute approximate surface area is 192 Å². The number of nitrogens with zero attached hydrogens (tertiary/aromatic N) is 3. The number of imidazole rings is 1. The van der Waals surface area contributed by atoms with Gasteiger partial charge in [-0.05, 0) is 66.3 Å². The number of hydrogen-bond donors (Lipinski definition) is 3. The molecule has 6 nitrogen and oxygen atoms in total. The van der Waals surface area contributed by atoms with Gasteiger partial charge in [0.2, 0.25) is 0 Å². The molecule has 0 fully saturated rings. The predicted octanol–water partition coefficient (Wildman–Crippen LogP) is 5.43. The molecule has 172 valence electrons. The van der Waals surface area contributed by atoms with Crippen LogP contribution in [-0.4, -0.2) is 43.3 Å². The second-order valence-electron chi connectivity index (χ2n) is 9.37. The summed E-state index contributed by atoms with van der Waals surface area (Å²) in [7, 11) is 0. The molecule has 0 saturated carbocycles. The normalized spacial score (nSPS) is 14.3. The molecule has 0 radical (unpaired) electrons. The maximum Gasteiger partial charge on any atom is 0.165 e. The van der Waals surface area contributed by atoms with Gasteiger partial charge in [0, 0.05) is 24.9 Å². The van der Waals surface area contributed by atoms with Crippen molar-refractivity contribution in [2.45, 2.75) is 46.6 Å². The highest BCUT2D eigenvalue weighted by Crippen LogP contribution is 2.34. The van der Waals surface area contributed by atoms with Crippen molar-refractivity contribution in [1.29, 1.82) is 0 Å². The Hall–Kier alpha value is -3.19. The first-order valence-electron chi connectivity index (χ1n) is 11.7. The molecule has 7 heteroatoms. The Morgan fingerprint density at radius 2 is 2.06 bits per heavy atom. The van der Waals surface area contributed by atoms with Crippen LogP contribution in [0.5, 0.6) is 5.75 Å². The van der Waals surface area contributed by atoms with E-state index >= 15 is 0 Å². The average Bonchev–Trinajstić information content (AvgIpc) is 3.42. The molecule has 1 aliphatic rings. The third-order valence-corrected chi connectivity index (χ3v) is 6.59. The molecule has 0 spiro atoms. The molecular weight excluding hydrogens is 417 g/mol. The fourth-order valence-corrected chi connectivity index (χ4v) is 4.63. The lowest BCUT2D eigenvalue weighted by molar-refractivity contribution is 0.236. The molecule has 0 bridgehead atoms. The van der Waals surface area contributed by atoms with Gasteiger partial charge in [-0.1, -0.05) is 26.8 Å². The number of rotatable bonds is 6. The quantitative estimate of drug-likeness (QED) is 0.368. The fourth-order valence-electron chi connectivity index (χ4n) is 4.63. The number of halogens is 1. The van der Waals surface area contributed by atoms with E-state index in [0.717, 1.165) is 70.9 Å². The van der Waals surface area contributed by atoms with E-state index in [1.807, 2.05) is 25.1 Å². The van der Waals surface area contributed by atoms with Gasteiger partial charge in [-0.2, -0.15) is 5.10 Å². The Balaban J connectivity index is 1.45. The summed E-state index contributed by atoms with van der Waals surface area (Å²) in [5.74, 6) is 0.561. The van der Waals surface area contributed by atoms with Crippen molar-refractivity contribution < 1.29 is 9.50 Å². The minimum Gasteiger partial charge on any atom is -0.505 e. The third kappa shape index (κ3) is 4.13. The van der Waals surface area contributed by atoms with Crippen molar-refractivity contribution in [3.63, 3.8) is 0 Å². The van der Waals surface area contributed by atoms with Crippen LogP contribution in [0.2, 0.25) is 0 Å². The predicted molar refractivity (Wildman–Crippen MR) is 129 cm³/mol. The summed E-state index contributed by atoms with van der Waals surface area (Å²) in [6, 6.07) is 8.86. The number of benzene rings is 2. The number of phenolic OH excluding ortho intramolecular Hbond substituents is 1. The molecule has 2 aromatic heterocycles. The lowest BCUT2D eigenvalue weighted by Gasteiger charge is -2.26. The van der Waals surface area contributed by atoms with Crippen molar-refractivity contribution in [2.24, 2.45) is 5.92 Å². The van der Waals surface area contributed by atoms with Gasteiger partial charge in [0.05, 0.1) is 16.9 Å². The van der Waals surface area contributed by atoms with Crippen molar-refractivity contribution >= 4 is 10.9 Å². The van der Waals surface area contributed by atoms with E-state index in [1.54, 1.807) is 0 Å². The fraction of sp³-hybridized carbons (Fsp3) is 0.385. The van der Waals surface area contributed by atoms with E-state index in [0.29, 0.717) is 12.3 Å². The van der Waals surface area contributed by atoms with Crippen molar-refractivity contribution in [3.05, 3.63) is 53.1 Å². The van der Waals surface area contributed by atoms with Gasteiger partial charge in [-0.15, -0.1) is 0 Å². The van der Waals surface area contributed by atoms with Crippen LogP contribution in [0, 0.1) is 11.7 Å². The minimum absolute atomic E-state index is 0.315. The number of H-pyrrole nitrogens is 2. The smallest absolute Gasteiger partial charge is 0.165 e. The summed E-state index contributed by atoms with van der Waals surface area (Å²) in [6.07, 6.45) is 2.84. The molecule has 0 aliphatic carbocycles. The highest BCUT2D eigenvalue weighted by Gasteiger charge is 2.22. The molecule has 3 N–H and O–H groups in total. The van der Waals surface area contributed by atoms with Crippen LogP contribution in [0.3, 0.4) is 0 Å². The molecule has 33 heavy (non-hydrogen) atoms. The summed E-state index contributed by atoms with van der Waals surface area (Å²) in [6.45, 7) is 9.56. The second-order valence-corrected chi connectivity index (χ2v) is 9.37. The summed E-state index contributed by atoms with van der Waals surface area (Å²) in [5, 5.41) is 18.4. The highest BCUT2D eigenvalue weighted by atomic mass is 19.1. The Morgan fingerprint density at radius 1 is 1.21 bits per heavy atom. The minimum atomic E-state index is -0.615. The largest absolute Gasteiger partial charge is 0.505 e. The first-order chi connectivity index (χ1) is 15.9. The Kier molecular flexibility index (Phi) is 5.66. The zero-order valence-electron chi connectivity index (χ0n) is 19.4. The molecule has 0 atom stereocenters. The lowest BCUT2D eigenvalue weighted by Crippen LogP contribution is -2.31. The van der Waals surface area contributed by atoms with Crippen molar-refractivity contribution in [2.75, 3.05) is 13.1 Å². The van der Waals surface area contributed by atoms with Crippen molar-refractivity contribution in [3.8, 4) is 28.4 Å². The molecule has 3 heterocycles. The molecule has 5 rings (SSSR count). The number of aryl methyl sites for hydroxylation is 1. The standard InChI is InChI=1S/C26H30FN5O/c1-4-16-12-24(33)20(27)13-19(16)17-5-6-18-22(11-17)30-31-25(18)26-28-21-8-10-32(9-7-15(2)3)14-23(21)29-26/h5-6,11-13,15,33H,4,7-10,14H2,1-3H3,(H,28,29)(H,30,31). The maximum atomic E-state index is 14.1. The summed E-state index contributed by atoms with van der Waals surface area (Å²) in [5.41, 5.74) is 6.53. The number of hydrogen-bond acceptors (Lipinski definition) is 4. The van der Waals surface area contributed by atoms with Crippen LogP contribution in [0.15, 0.2) is 30.3 Å². The average molecular weight is 448 g/mol. The number of aromatic hydroxyl groups is 1. The monoisotopic (exact) mass is 447 g/mol. The SMILES string of the molecule is CCc1cc(O)c(F)cc1-c1ccc2c(-c3nc4c([nH]3)CN(CCC(C)C)CC4)n[nH]c2c1. The van der Waals surface area contributed by atoms with Gasteiger partial charge in [-0.3, -0.25) is 10.00 Å². The van der Waals surface area contributed by atoms with E-state index in [-0.39, 0.29) is 5.75 Å².